The largest absolute Gasteiger partial charge is 0.313 e. The van der Waals surface area contributed by atoms with E-state index in [2.05, 4.69) is 61.4 Å². The number of thiophene rings is 1. The van der Waals surface area contributed by atoms with E-state index in [-0.39, 0.29) is 6.04 Å². The molecule has 2 heterocycles. The van der Waals surface area contributed by atoms with E-state index in [9.17, 15) is 0 Å². The first kappa shape index (κ1) is 14.7. The van der Waals surface area contributed by atoms with Crippen molar-refractivity contribution in [3.63, 3.8) is 0 Å². The highest BCUT2D eigenvalue weighted by molar-refractivity contribution is 9.12. The molecule has 2 nitrogen and oxygen atoms in total. The van der Waals surface area contributed by atoms with Crippen LogP contribution < -0.4 is 5.32 Å². The highest BCUT2D eigenvalue weighted by atomic mass is 79.9. The molecule has 2 aromatic heterocycles. The van der Waals surface area contributed by atoms with Gasteiger partial charge in [0.25, 0.3) is 0 Å². The number of nitrogens with one attached hydrogen (secondary N) is 1. The van der Waals surface area contributed by atoms with Crippen molar-refractivity contribution in [1.29, 1.82) is 0 Å². The minimum Gasteiger partial charge on any atom is -0.313 e. The van der Waals surface area contributed by atoms with E-state index in [1.165, 1.54) is 19.1 Å². The van der Waals surface area contributed by atoms with Gasteiger partial charge >= 0.3 is 0 Å². The Morgan fingerprint density at radius 3 is 2.70 bits per heavy atom. The van der Waals surface area contributed by atoms with Crippen molar-refractivity contribution in [3.05, 3.63) is 48.5 Å². The summed E-state index contributed by atoms with van der Waals surface area (Å²) in [7, 11) is 2.00. The zero-order valence-electron chi connectivity index (χ0n) is 10.7. The topological polar surface area (TPSA) is 24.9 Å². The summed E-state index contributed by atoms with van der Waals surface area (Å²) in [4.78, 5) is 4.72. The van der Waals surface area contributed by atoms with Crippen LogP contribution in [0.5, 0.6) is 0 Å². The number of likely N-dealkylation sites (N-methyl/N-ethyl adjacent to an activating group) is 1. The maximum Gasteiger partial charge on any atom is 0.0957 e. The molecular weight excluding hydrogens is 420 g/mol. The number of benzene rings is 1. The normalized spacial score (nSPS) is 12.9. The van der Waals surface area contributed by atoms with E-state index >= 15 is 0 Å². The fourth-order valence-electron chi connectivity index (χ4n) is 2.14. The van der Waals surface area contributed by atoms with Crippen molar-refractivity contribution in [3.8, 4) is 0 Å². The van der Waals surface area contributed by atoms with Crippen LogP contribution in [0.25, 0.3) is 10.2 Å². The molecule has 0 aliphatic heterocycles. The summed E-state index contributed by atoms with van der Waals surface area (Å²) in [6, 6.07) is 10.7. The third-order valence-electron chi connectivity index (χ3n) is 3.12. The fourth-order valence-corrected chi connectivity index (χ4v) is 6.13. The molecule has 0 bridgehead atoms. The van der Waals surface area contributed by atoms with Gasteiger partial charge in [0.2, 0.25) is 0 Å². The SMILES string of the molecule is CNC(Cc1nc2ccccc2s1)c1cc(Br)sc1Br. The molecule has 0 saturated heterocycles. The molecule has 1 atom stereocenters. The van der Waals surface area contributed by atoms with Gasteiger partial charge in [0.1, 0.15) is 0 Å². The molecule has 0 radical (unpaired) electrons. The third kappa shape index (κ3) is 2.99. The summed E-state index contributed by atoms with van der Waals surface area (Å²) in [6.07, 6.45) is 0.900. The van der Waals surface area contributed by atoms with Crippen molar-refractivity contribution in [2.75, 3.05) is 7.05 Å². The summed E-state index contributed by atoms with van der Waals surface area (Å²) in [6.45, 7) is 0. The van der Waals surface area contributed by atoms with E-state index < -0.39 is 0 Å². The number of hydrogen-bond donors (Lipinski definition) is 1. The number of thiazole rings is 1. The second kappa shape index (κ2) is 6.23. The predicted molar refractivity (Wildman–Crippen MR) is 94.8 cm³/mol. The fraction of sp³-hybridized carbons (Fsp3) is 0.214. The lowest BCUT2D eigenvalue weighted by atomic mass is 10.1. The Bertz CT molecular complexity index is 703. The molecule has 3 aromatic rings. The van der Waals surface area contributed by atoms with Crippen LogP contribution in [0.15, 0.2) is 37.9 Å². The molecule has 3 rings (SSSR count). The van der Waals surface area contributed by atoms with Crippen LogP contribution in [0.1, 0.15) is 16.6 Å². The van der Waals surface area contributed by atoms with Crippen molar-refractivity contribution in [2.24, 2.45) is 0 Å². The summed E-state index contributed by atoms with van der Waals surface area (Å²) >= 11 is 10.7. The standard InChI is InChI=1S/C14H12Br2N2S2/c1-17-10(8-6-12(15)20-14(8)16)7-13-18-9-4-2-3-5-11(9)19-13/h2-6,10,17H,7H2,1H3. The number of fused-ring (bicyclic) bond motifs is 1. The number of rotatable bonds is 4. The molecule has 1 aromatic carbocycles. The van der Waals surface area contributed by atoms with E-state index in [0.29, 0.717) is 0 Å². The van der Waals surface area contributed by atoms with Crippen molar-refractivity contribution < 1.29 is 0 Å². The van der Waals surface area contributed by atoms with Crippen LogP contribution in [0.3, 0.4) is 0 Å². The number of nitrogens with zero attached hydrogens (tertiary/aromatic N) is 1. The van der Waals surface area contributed by atoms with Gasteiger partial charge in [-0.1, -0.05) is 12.1 Å². The van der Waals surface area contributed by atoms with E-state index in [0.717, 1.165) is 15.7 Å². The lowest BCUT2D eigenvalue weighted by molar-refractivity contribution is 0.591. The highest BCUT2D eigenvalue weighted by Gasteiger charge is 2.18. The van der Waals surface area contributed by atoms with Gasteiger partial charge in [0, 0.05) is 12.5 Å². The average molecular weight is 432 g/mol. The lowest BCUT2D eigenvalue weighted by Gasteiger charge is -2.14. The third-order valence-corrected chi connectivity index (χ3v) is 6.57. The predicted octanol–water partition coefficient (Wildman–Crippen LogP) is 5.39. The first-order chi connectivity index (χ1) is 9.67. The Hall–Kier alpha value is -0.270. The second-order valence-electron chi connectivity index (χ2n) is 4.40. The molecule has 0 saturated carbocycles. The molecule has 104 valence electrons. The van der Waals surface area contributed by atoms with Gasteiger partial charge in [-0.05, 0) is 62.7 Å². The van der Waals surface area contributed by atoms with Gasteiger partial charge in [0.05, 0.1) is 22.8 Å². The number of hydrogen-bond acceptors (Lipinski definition) is 4. The molecule has 1 N–H and O–H groups in total. The van der Waals surface area contributed by atoms with Crippen LogP contribution in [0, 0.1) is 0 Å². The lowest BCUT2D eigenvalue weighted by Crippen LogP contribution is -2.18. The quantitative estimate of drug-likeness (QED) is 0.599. The number of aromatic nitrogens is 1. The molecular formula is C14H12Br2N2S2. The molecule has 1 unspecified atom stereocenters. The summed E-state index contributed by atoms with van der Waals surface area (Å²) in [5.41, 5.74) is 2.37. The first-order valence-corrected chi connectivity index (χ1v) is 9.35. The highest BCUT2D eigenvalue weighted by Crippen LogP contribution is 2.37. The molecule has 0 fully saturated rings. The Balaban J connectivity index is 1.89. The van der Waals surface area contributed by atoms with Gasteiger partial charge in [-0.25, -0.2) is 4.98 Å². The molecule has 0 aliphatic carbocycles. The Morgan fingerprint density at radius 2 is 2.05 bits per heavy atom. The van der Waals surface area contributed by atoms with Gasteiger partial charge < -0.3 is 5.32 Å². The summed E-state index contributed by atoms with van der Waals surface area (Å²) < 4.78 is 3.57. The van der Waals surface area contributed by atoms with E-state index in [1.807, 2.05) is 13.1 Å². The Kier molecular flexibility index (Phi) is 4.57. The smallest absolute Gasteiger partial charge is 0.0957 e. The molecule has 0 amide bonds. The first-order valence-electron chi connectivity index (χ1n) is 6.14. The molecule has 0 aliphatic rings. The molecule has 6 heteroatoms. The molecule has 20 heavy (non-hydrogen) atoms. The van der Waals surface area contributed by atoms with E-state index in [4.69, 9.17) is 4.98 Å². The van der Waals surface area contributed by atoms with Gasteiger partial charge in [-0.2, -0.15) is 0 Å². The van der Waals surface area contributed by atoms with Crippen LogP contribution in [0.2, 0.25) is 0 Å². The van der Waals surface area contributed by atoms with E-state index in [1.54, 1.807) is 22.7 Å². The Labute approximate surface area is 142 Å². The maximum atomic E-state index is 4.72. The Morgan fingerprint density at radius 1 is 1.25 bits per heavy atom. The van der Waals surface area contributed by atoms with Crippen LogP contribution >= 0.6 is 54.5 Å². The number of halogens is 2. The zero-order chi connectivity index (χ0) is 14.1. The van der Waals surface area contributed by atoms with Crippen molar-refractivity contribution in [2.45, 2.75) is 12.5 Å². The average Bonchev–Trinajstić information content (AvgIpc) is 2.98. The molecule has 0 spiro atoms. The van der Waals surface area contributed by atoms with Gasteiger partial charge in [-0.15, -0.1) is 22.7 Å². The van der Waals surface area contributed by atoms with Crippen molar-refractivity contribution in [1.82, 2.24) is 10.3 Å². The maximum absolute atomic E-state index is 4.72. The van der Waals surface area contributed by atoms with Gasteiger partial charge in [-0.3, -0.25) is 0 Å². The zero-order valence-corrected chi connectivity index (χ0v) is 15.5. The van der Waals surface area contributed by atoms with Crippen LogP contribution in [-0.4, -0.2) is 12.0 Å². The van der Waals surface area contributed by atoms with Gasteiger partial charge in [0.15, 0.2) is 0 Å². The second-order valence-corrected chi connectivity index (χ2v) is 9.26. The van der Waals surface area contributed by atoms with Crippen molar-refractivity contribution >= 4 is 64.8 Å². The van der Waals surface area contributed by atoms with Crippen LogP contribution in [-0.2, 0) is 6.42 Å². The monoisotopic (exact) mass is 430 g/mol. The minimum atomic E-state index is 0.271. The number of para-hydroxylation sites is 1. The van der Waals surface area contributed by atoms with Crippen LogP contribution in [0.4, 0.5) is 0 Å². The minimum absolute atomic E-state index is 0.271. The summed E-state index contributed by atoms with van der Waals surface area (Å²) in [5.74, 6) is 0. The summed E-state index contributed by atoms with van der Waals surface area (Å²) in [5, 5.41) is 4.55.